The number of benzene rings is 2. The largest absolute Gasteiger partial charge is 0.339 e. The second-order valence-electron chi connectivity index (χ2n) is 7.53. The molecule has 4 rings (SSSR count). The van der Waals surface area contributed by atoms with Crippen LogP contribution in [0, 0.1) is 13.8 Å². The molecule has 1 aliphatic rings. The second kappa shape index (κ2) is 8.32. The van der Waals surface area contributed by atoms with Crippen LogP contribution in [0.4, 0.5) is 5.69 Å². The van der Waals surface area contributed by atoms with E-state index >= 15 is 0 Å². The summed E-state index contributed by atoms with van der Waals surface area (Å²) in [6.07, 6.45) is 1.99. The molecule has 1 fully saturated rings. The van der Waals surface area contributed by atoms with Crippen molar-refractivity contribution < 1.29 is 9.59 Å². The second-order valence-corrected chi connectivity index (χ2v) is 7.97. The monoisotopic (exact) mass is 422 g/mol. The topological polar surface area (TPSA) is 67.2 Å². The van der Waals surface area contributed by atoms with E-state index in [2.05, 4.69) is 10.4 Å². The van der Waals surface area contributed by atoms with Gasteiger partial charge in [0, 0.05) is 29.4 Å². The van der Waals surface area contributed by atoms with E-state index in [1.54, 1.807) is 35.2 Å². The highest BCUT2D eigenvalue weighted by atomic mass is 35.5. The van der Waals surface area contributed by atoms with Crippen molar-refractivity contribution in [3.05, 3.63) is 76.1 Å². The number of nitrogens with one attached hydrogen (secondary N) is 1. The highest BCUT2D eigenvalue weighted by molar-refractivity contribution is 6.31. The number of aryl methyl sites for hydroxylation is 2. The van der Waals surface area contributed by atoms with Crippen LogP contribution in [-0.4, -0.2) is 39.6 Å². The molecule has 0 radical (unpaired) electrons. The van der Waals surface area contributed by atoms with Gasteiger partial charge in [-0.1, -0.05) is 11.6 Å². The average molecular weight is 423 g/mol. The molecule has 0 unspecified atom stereocenters. The molecule has 0 atom stereocenters. The molecule has 2 heterocycles. The Morgan fingerprint density at radius 2 is 1.70 bits per heavy atom. The molecule has 0 bridgehead atoms. The number of halogens is 1. The van der Waals surface area contributed by atoms with Gasteiger partial charge in [0.05, 0.1) is 22.6 Å². The zero-order valence-electron chi connectivity index (χ0n) is 17.0. The minimum Gasteiger partial charge on any atom is -0.339 e. The number of rotatable bonds is 4. The van der Waals surface area contributed by atoms with Crippen molar-refractivity contribution in [3.8, 4) is 5.69 Å². The molecular weight excluding hydrogens is 400 g/mol. The van der Waals surface area contributed by atoms with Crippen molar-refractivity contribution in [2.24, 2.45) is 0 Å². The third kappa shape index (κ3) is 4.09. The van der Waals surface area contributed by atoms with E-state index in [9.17, 15) is 9.59 Å². The molecule has 2 amide bonds. The Labute approximate surface area is 180 Å². The molecule has 154 valence electrons. The zero-order chi connectivity index (χ0) is 21.3. The number of hydrogen-bond acceptors (Lipinski definition) is 3. The minimum absolute atomic E-state index is 0.106. The van der Waals surface area contributed by atoms with Crippen LogP contribution in [0.25, 0.3) is 5.69 Å². The number of amides is 2. The highest BCUT2D eigenvalue weighted by Gasteiger charge is 2.23. The van der Waals surface area contributed by atoms with Crippen molar-refractivity contribution in [1.29, 1.82) is 0 Å². The van der Waals surface area contributed by atoms with Gasteiger partial charge in [-0.2, -0.15) is 5.10 Å². The molecule has 1 N–H and O–H groups in total. The fourth-order valence-corrected chi connectivity index (χ4v) is 3.90. The fourth-order valence-electron chi connectivity index (χ4n) is 3.73. The molecule has 0 aliphatic carbocycles. The molecule has 0 saturated carbocycles. The minimum atomic E-state index is -0.285. The van der Waals surface area contributed by atoms with Gasteiger partial charge in [-0.25, -0.2) is 4.68 Å². The summed E-state index contributed by atoms with van der Waals surface area (Å²) < 4.78 is 1.84. The van der Waals surface area contributed by atoms with Crippen molar-refractivity contribution in [1.82, 2.24) is 14.7 Å². The van der Waals surface area contributed by atoms with E-state index in [1.165, 1.54) is 0 Å². The lowest BCUT2D eigenvalue weighted by Gasteiger charge is -2.18. The quantitative estimate of drug-likeness (QED) is 0.666. The molecule has 1 aromatic heterocycles. The summed E-state index contributed by atoms with van der Waals surface area (Å²) in [5.74, 6) is -0.391. The molecular formula is C23H23ClN4O2. The molecule has 6 nitrogen and oxygen atoms in total. The van der Waals surface area contributed by atoms with Gasteiger partial charge >= 0.3 is 0 Å². The number of likely N-dealkylation sites (tertiary alicyclic amines) is 1. The van der Waals surface area contributed by atoms with Crippen LogP contribution in [0.15, 0.2) is 48.5 Å². The number of hydrogen-bond donors (Lipinski definition) is 1. The van der Waals surface area contributed by atoms with Crippen LogP contribution in [0.1, 0.15) is 44.9 Å². The Morgan fingerprint density at radius 1 is 1.00 bits per heavy atom. The van der Waals surface area contributed by atoms with Crippen LogP contribution in [0.2, 0.25) is 5.02 Å². The van der Waals surface area contributed by atoms with Crippen LogP contribution in [0.5, 0.6) is 0 Å². The summed E-state index contributed by atoms with van der Waals surface area (Å²) in [5, 5.41) is 7.79. The van der Waals surface area contributed by atoms with Crippen molar-refractivity contribution in [2.45, 2.75) is 26.7 Å². The molecule has 1 aliphatic heterocycles. The summed E-state index contributed by atoms with van der Waals surface area (Å²) in [7, 11) is 0. The molecule has 2 aromatic carbocycles. The number of aromatic nitrogens is 2. The number of nitrogens with zero attached hydrogens (tertiary/aromatic N) is 3. The van der Waals surface area contributed by atoms with Crippen LogP contribution in [-0.2, 0) is 0 Å². The maximum atomic E-state index is 12.9. The molecule has 3 aromatic rings. The van der Waals surface area contributed by atoms with E-state index in [-0.39, 0.29) is 11.8 Å². The predicted molar refractivity (Wildman–Crippen MR) is 118 cm³/mol. The van der Waals surface area contributed by atoms with Crippen LogP contribution >= 0.6 is 11.6 Å². The Bertz CT molecular complexity index is 1100. The smallest absolute Gasteiger partial charge is 0.256 e. The first-order valence-corrected chi connectivity index (χ1v) is 10.3. The number of anilines is 1. The lowest BCUT2D eigenvalue weighted by atomic mass is 10.1. The first-order valence-electron chi connectivity index (χ1n) is 9.96. The maximum Gasteiger partial charge on any atom is 0.256 e. The summed E-state index contributed by atoms with van der Waals surface area (Å²) >= 11 is 6.12. The van der Waals surface area contributed by atoms with Crippen LogP contribution in [0.3, 0.4) is 0 Å². The maximum absolute atomic E-state index is 12.9. The Balaban J connectivity index is 1.55. The van der Waals surface area contributed by atoms with Crippen molar-refractivity contribution >= 4 is 29.1 Å². The van der Waals surface area contributed by atoms with E-state index in [1.807, 2.05) is 36.7 Å². The SMILES string of the molecule is Cc1cc(C)n(-c2ccc(C(=O)Nc3ccc(Cl)cc3C(=O)N3CCCC3)cc2)n1. The zero-order valence-corrected chi connectivity index (χ0v) is 17.7. The normalized spacial score (nSPS) is 13.5. The van der Waals surface area contributed by atoms with Gasteiger partial charge in [0.25, 0.3) is 11.8 Å². The Hall–Kier alpha value is -3.12. The lowest BCUT2D eigenvalue weighted by molar-refractivity contribution is 0.0794. The number of carbonyl (C=O) groups excluding carboxylic acids is 2. The van der Waals surface area contributed by atoms with Gasteiger partial charge < -0.3 is 10.2 Å². The fraction of sp³-hybridized carbons (Fsp3) is 0.261. The third-order valence-corrected chi connectivity index (χ3v) is 5.47. The lowest BCUT2D eigenvalue weighted by Crippen LogP contribution is -2.28. The van der Waals surface area contributed by atoms with Gasteiger partial charge in [-0.3, -0.25) is 9.59 Å². The summed E-state index contributed by atoms with van der Waals surface area (Å²) in [5.41, 5.74) is 4.22. The van der Waals surface area contributed by atoms with Gasteiger partial charge in [-0.05, 0) is 75.2 Å². The first-order chi connectivity index (χ1) is 14.4. The predicted octanol–water partition coefficient (Wildman–Crippen LogP) is 4.63. The van der Waals surface area contributed by atoms with Gasteiger partial charge in [0.2, 0.25) is 0 Å². The van der Waals surface area contributed by atoms with Crippen molar-refractivity contribution in [2.75, 3.05) is 18.4 Å². The molecule has 30 heavy (non-hydrogen) atoms. The Kier molecular flexibility index (Phi) is 5.59. The summed E-state index contributed by atoms with van der Waals surface area (Å²) in [6, 6.07) is 14.2. The molecule has 0 spiro atoms. The Morgan fingerprint density at radius 3 is 2.33 bits per heavy atom. The molecule has 1 saturated heterocycles. The third-order valence-electron chi connectivity index (χ3n) is 5.24. The molecule has 7 heteroatoms. The van der Waals surface area contributed by atoms with E-state index in [4.69, 9.17) is 11.6 Å². The van der Waals surface area contributed by atoms with Crippen molar-refractivity contribution in [3.63, 3.8) is 0 Å². The standard InChI is InChI=1S/C23H23ClN4O2/c1-15-13-16(2)28(26-15)19-8-5-17(6-9-19)22(29)25-21-10-7-18(24)14-20(21)23(30)27-11-3-4-12-27/h5-10,13-14H,3-4,11-12H2,1-2H3,(H,25,29). The van der Waals surface area contributed by atoms with Gasteiger partial charge in [0.1, 0.15) is 0 Å². The van der Waals surface area contributed by atoms with E-state index < -0.39 is 0 Å². The van der Waals surface area contributed by atoms with E-state index in [0.717, 1.165) is 43.0 Å². The summed E-state index contributed by atoms with van der Waals surface area (Å²) in [4.78, 5) is 27.5. The average Bonchev–Trinajstić information content (AvgIpc) is 3.38. The summed E-state index contributed by atoms with van der Waals surface area (Å²) in [6.45, 7) is 5.39. The highest BCUT2D eigenvalue weighted by Crippen LogP contribution is 2.25. The van der Waals surface area contributed by atoms with Crippen LogP contribution < -0.4 is 5.32 Å². The van der Waals surface area contributed by atoms with Gasteiger partial charge in [0.15, 0.2) is 0 Å². The van der Waals surface area contributed by atoms with E-state index in [0.29, 0.717) is 21.8 Å². The number of carbonyl (C=O) groups is 2. The first kappa shape index (κ1) is 20.2. The van der Waals surface area contributed by atoms with Gasteiger partial charge in [-0.15, -0.1) is 0 Å².